The summed E-state index contributed by atoms with van der Waals surface area (Å²) in [5, 5.41) is 11.5. The third-order valence-corrected chi connectivity index (χ3v) is 5.70. The number of nitrogens with zero attached hydrogens (tertiary/aromatic N) is 2. The number of ether oxygens (including phenoxy) is 3. The molecule has 1 N–H and O–H groups in total. The first-order valence-corrected chi connectivity index (χ1v) is 10.5. The smallest absolute Gasteiger partial charge is 0.296 e. The minimum absolute atomic E-state index is 0.0635. The van der Waals surface area contributed by atoms with Crippen LogP contribution in [0.15, 0.2) is 72.4 Å². The largest absolute Gasteiger partial charge is 0.506 e. The van der Waals surface area contributed by atoms with Crippen LogP contribution in [0.5, 0.6) is 17.2 Å². The van der Waals surface area contributed by atoms with Crippen LogP contribution in [0.3, 0.4) is 0 Å². The minimum atomic E-state index is -0.923. The first-order chi connectivity index (χ1) is 16.5. The molecule has 1 unspecified atom stereocenters. The van der Waals surface area contributed by atoms with Crippen LogP contribution in [0, 0.1) is 0 Å². The second-order valence-electron chi connectivity index (χ2n) is 7.53. The van der Waals surface area contributed by atoms with Crippen LogP contribution >= 0.6 is 0 Å². The average molecular weight is 460 g/mol. The summed E-state index contributed by atoms with van der Waals surface area (Å²) in [5.74, 6) is -0.905. The highest BCUT2D eigenvalue weighted by Gasteiger charge is 2.47. The van der Waals surface area contributed by atoms with Gasteiger partial charge in [0.25, 0.3) is 11.7 Å². The molecule has 1 aliphatic rings. The van der Waals surface area contributed by atoms with E-state index in [2.05, 4.69) is 4.98 Å². The second kappa shape index (κ2) is 9.66. The van der Waals surface area contributed by atoms with Crippen LogP contribution in [0.1, 0.15) is 22.9 Å². The number of carbonyl (C=O) groups excluding carboxylic acids is 2. The van der Waals surface area contributed by atoms with Crippen LogP contribution in [0.2, 0.25) is 0 Å². The Morgan fingerprint density at radius 2 is 1.50 bits per heavy atom. The predicted octanol–water partition coefficient (Wildman–Crippen LogP) is 3.73. The van der Waals surface area contributed by atoms with Gasteiger partial charge in [-0.15, -0.1) is 0 Å². The molecule has 0 aliphatic carbocycles. The predicted molar refractivity (Wildman–Crippen MR) is 125 cm³/mol. The third kappa shape index (κ3) is 3.94. The minimum Gasteiger partial charge on any atom is -0.506 e. The number of amides is 1. The molecule has 2 aromatic carbocycles. The van der Waals surface area contributed by atoms with Crippen molar-refractivity contribution in [1.82, 2.24) is 9.88 Å². The number of aliphatic hydroxyl groups excluding tert-OH is 1. The van der Waals surface area contributed by atoms with E-state index in [-0.39, 0.29) is 17.7 Å². The van der Waals surface area contributed by atoms with Crippen LogP contribution in [0.4, 0.5) is 0 Å². The molecule has 1 amide bonds. The number of rotatable bonds is 7. The number of methoxy groups -OCH3 is 3. The van der Waals surface area contributed by atoms with E-state index >= 15 is 0 Å². The van der Waals surface area contributed by atoms with Crippen LogP contribution in [-0.2, 0) is 16.1 Å². The highest BCUT2D eigenvalue weighted by atomic mass is 16.5. The number of aromatic nitrogens is 1. The van der Waals surface area contributed by atoms with Gasteiger partial charge >= 0.3 is 0 Å². The first-order valence-electron chi connectivity index (χ1n) is 10.5. The van der Waals surface area contributed by atoms with Crippen molar-refractivity contribution in [2.75, 3.05) is 21.3 Å². The molecule has 2 heterocycles. The zero-order valence-electron chi connectivity index (χ0n) is 19.0. The van der Waals surface area contributed by atoms with E-state index in [1.807, 2.05) is 0 Å². The maximum atomic E-state index is 13.4. The zero-order valence-corrected chi connectivity index (χ0v) is 19.0. The number of hydrogen-bond acceptors (Lipinski definition) is 7. The SMILES string of the molecule is COc1ccccc1C1/C(=C(\O)c2c(OC)cccc2OC)C(=O)C(=O)N1Cc1ccccn1. The van der Waals surface area contributed by atoms with Gasteiger partial charge in [-0.1, -0.05) is 30.3 Å². The van der Waals surface area contributed by atoms with Gasteiger partial charge in [0.2, 0.25) is 0 Å². The van der Waals surface area contributed by atoms with Gasteiger partial charge in [-0.2, -0.15) is 0 Å². The third-order valence-electron chi connectivity index (χ3n) is 5.70. The summed E-state index contributed by atoms with van der Waals surface area (Å²) in [5.41, 5.74) is 1.24. The number of hydrogen-bond donors (Lipinski definition) is 1. The Balaban J connectivity index is 1.97. The van der Waals surface area contributed by atoms with Gasteiger partial charge in [-0.05, 0) is 30.3 Å². The van der Waals surface area contributed by atoms with Gasteiger partial charge in [0.1, 0.15) is 28.6 Å². The molecular weight excluding hydrogens is 436 g/mol. The van der Waals surface area contributed by atoms with Gasteiger partial charge < -0.3 is 24.2 Å². The quantitative estimate of drug-likeness (QED) is 0.326. The Hall–Kier alpha value is -4.33. The van der Waals surface area contributed by atoms with Gasteiger partial charge in [-0.3, -0.25) is 14.6 Å². The molecule has 8 nitrogen and oxygen atoms in total. The monoisotopic (exact) mass is 460 g/mol. The Morgan fingerprint density at radius 3 is 2.12 bits per heavy atom. The maximum Gasteiger partial charge on any atom is 0.296 e. The molecule has 1 fully saturated rings. The van der Waals surface area contributed by atoms with E-state index in [1.54, 1.807) is 66.9 Å². The van der Waals surface area contributed by atoms with Crippen molar-refractivity contribution >= 4 is 17.4 Å². The number of likely N-dealkylation sites (tertiary alicyclic amines) is 1. The lowest BCUT2D eigenvalue weighted by Gasteiger charge is -2.26. The number of Topliss-reactive ketones (excluding diaryl/α,β-unsaturated/α-hetero) is 1. The zero-order chi connectivity index (χ0) is 24.2. The summed E-state index contributed by atoms with van der Waals surface area (Å²) in [6, 6.07) is 16.5. The Bertz CT molecular complexity index is 1230. The number of para-hydroxylation sites is 1. The van der Waals surface area contributed by atoms with Gasteiger partial charge in [0, 0.05) is 11.8 Å². The molecular formula is C26H24N2O6. The molecule has 3 aromatic rings. The molecule has 34 heavy (non-hydrogen) atoms. The number of pyridine rings is 1. The molecule has 8 heteroatoms. The topological polar surface area (TPSA) is 98.2 Å². The lowest BCUT2D eigenvalue weighted by atomic mass is 9.94. The normalized spacial score (nSPS) is 17.0. The molecule has 1 aromatic heterocycles. The highest BCUT2D eigenvalue weighted by molar-refractivity contribution is 6.46. The van der Waals surface area contributed by atoms with Crippen LogP contribution in [-0.4, -0.2) is 48.0 Å². The van der Waals surface area contributed by atoms with Crippen molar-refractivity contribution in [1.29, 1.82) is 0 Å². The lowest BCUT2D eigenvalue weighted by Crippen LogP contribution is -2.29. The highest BCUT2D eigenvalue weighted by Crippen LogP contribution is 2.45. The molecule has 0 bridgehead atoms. The molecule has 1 saturated heterocycles. The van der Waals surface area contributed by atoms with Crippen molar-refractivity contribution in [3.8, 4) is 17.2 Å². The van der Waals surface area contributed by atoms with E-state index in [1.165, 1.54) is 26.2 Å². The molecule has 0 radical (unpaired) electrons. The fraction of sp³-hybridized carbons (Fsp3) is 0.192. The molecule has 174 valence electrons. The van der Waals surface area contributed by atoms with Gasteiger partial charge in [0.15, 0.2) is 0 Å². The van der Waals surface area contributed by atoms with Gasteiger partial charge in [0.05, 0.1) is 45.2 Å². The Labute approximate surface area is 197 Å². The summed E-state index contributed by atoms with van der Waals surface area (Å²) in [6.45, 7) is 0.0635. The number of aliphatic hydroxyl groups is 1. The van der Waals surface area contributed by atoms with Crippen molar-refractivity contribution in [2.24, 2.45) is 0 Å². The van der Waals surface area contributed by atoms with Crippen LogP contribution in [0.25, 0.3) is 5.76 Å². The van der Waals surface area contributed by atoms with E-state index in [4.69, 9.17) is 14.2 Å². The fourth-order valence-electron chi connectivity index (χ4n) is 4.14. The van der Waals surface area contributed by atoms with Crippen molar-refractivity contribution in [3.63, 3.8) is 0 Å². The molecule has 0 saturated carbocycles. The Kier molecular flexibility index (Phi) is 6.49. The molecule has 1 atom stereocenters. The first kappa shape index (κ1) is 22.8. The van der Waals surface area contributed by atoms with E-state index in [9.17, 15) is 14.7 Å². The number of ketones is 1. The standard InChI is InChI=1S/C26H24N2O6/c1-32-18-11-5-4-10-17(18)23-22(24(29)21-19(33-2)12-8-13-20(21)34-3)25(30)26(31)28(23)15-16-9-6-7-14-27-16/h4-14,23,29H,15H2,1-3H3/b24-22+. The lowest BCUT2D eigenvalue weighted by molar-refractivity contribution is -0.140. The van der Waals surface area contributed by atoms with Crippen LogP contribution < -0.4 is 14.2 Å². The maximum absolute atomic E-state index is 13.4. The van der Waals surface area contributed by atoms with E-state index in [0.29, 0.717) is 28.5 Å². The average Bonchev–Trinajstić information content (AvgIpc) is 3.13. The van der Waals surface area contributed by atoms with Crippen molar-refractivity contribution in [3.05, 3.63) is 89.3 Å². The molecule has 0 spiro atoms. The number of carbonyl (C=O) groups is 2. The van der Waals surface area contributed by atoms with E-state index in [0.717, 1.165) is 0 Å². The summed E-state index contributed by atoms with van der Waals surface area (Å²) in [7, 11) is 4.40. The van der Waals surface area contributed by atoms with E-state index < -0.39 is 23.5 Å². The van der Waals surface area contributed by atoms with Gasteiger partial charge in [-0.25, -0.2) is 0 Å². The second-order valence-corrected chi connectivity index (χ2v) is 7.53. The Morgan fingerprint density at radius 1 is 0.882 bits per heavy atom. The molecule has 4 rings (SSSR count). The summed E-state index contributed by atoms with van der Waals surface area (Å²) in [6.07, 6.45) is 1.61. The summed E-state index contributed by atoms with van der Waals surface area (Å²) < 4.78 is 16.4. The fourth-order valence-corrected chi connectivity index (χ4v) is 4.14. The van der Waals surface area contributed by atoms with Crippen molar-refractivity contribution < 1.29 is 28.9 Å². The van der Waals surface area contributed by atoms with Crippen molar-refractivity contribution in [2.45, 2.75) is 12.6 Å². The molecule has 1 aliphatic heterocycles. The number of benzene rings is 2. The summed E-state index contributed by atoms with van der Waals surface area (Å²) in [4.78, 5) is 32.3. The summed E-state index contributed by atoms with van der Waals surface area (Å²) >= 11 is 0.